The lowest BCUT2D eigenvalue weighted by atomic mass is 10.0. The van der Waals surface area contributed by atoms with E-state index in [1.165, 1.54) is 0 Å². The molecule has 0 spiro atoms. The van der Waals surface area contributed by atoms with Gasteiger partial charge in [-0.25, -0.2) is 0 Å². The molecule has 0 bridgehead atoms. The van der Waals surface area contributed by atoms with Crippen LogP contribution < -0.4 is 10.6 Å². The number of rotatable bonds is 5. The molecule has 0 saturated carbocycles. The quantitative estimate of drug-likeness (QED) is 0.711. The van der Waals surface area contributed by atoms with Gasteiger partial charge in [0, 0.05) is 38.7 Å². The largest absolute Gasteiger partial charge is 0.383 e. The van der Waals surface area contributed by atoms with E-state index in [2.05, 4.69) is 22.6 Å². The first kappa shape index (κ1) is 17.6. The molecule has 3 rings (SSSR count). The maximum Gasteiger partial charge on any atom is 0.238 e. The molecule has 136 valence electrons. The molecule has 3 saturated heterocycles. The van der Waals surface area contributed by atoms with Gasteiger partial charge in [0.25, 0.3) is 0 Å². The predicted octanol–water partition coefficient (Wildman–Crippen LogP) is -0.435. The SMILES string of the molecule is COC[C@H]1CCCN1C(=O)CC[C@H]1CNC(=O)[C@H]2NCC[C@H]2N1C. The number of hydrogen-bond donors (Lipinski definition) is 2. The number of hydrogen-bond acceptors (Lipinski definition) is 5. The Morgan fingerprint density at radius 1 is 1.33 bits per heavy atom. The molecule has 7 nitrogen and oxygen atoms in total. The molecule has 0 unspecified atom stereocenters. The van der Waals surface area contributed by atoms with Gasteiger partial charge in [0.1, 0.15) is 6.04 Å². The van der Waals surface area contributed by atoms with Crippen molar-refractivity contribution in [2.45, 2.75) is 56.3 Å². The van der Waals surface area contributed by atoms with E-state index < -0.39 is 0 Å². The van der Waals surface area contributed by atoms with Crippen molar-refractivity contribution in [2.75, 3.05) is 40.4 Å². The van der Waals surface area contributed by atoms with E-state index in [-0.39, 0.29) is 36.0 Å². The molecule has 3 aliphatic rings. The first-order valence-corrected chi connectivity index (χ1v) is 9.13. The zero-order chi connectivity index (χ0) is 17.1. The Kier molecular flexibility index (Phi) is 5.73. The van der Waals surface area contributed by atoms with Gasteiger partial charge in [-0.05, 0) is 39.3 Å². The van der Waals surface area contributed by atoms with Crippen molar-refractivity contribution in [3.05, 3.63) is 0 Å². The van der Waals surface area contributed by atoms with Crippen molar-refractivity contribution in [3.8, 4) is 0 Å². The summed E-state index contributed by atoms with van der Waals surface area (Å²) in [5.41, 5.74) is 0. The van der Waals surface area contributed by atoms with Gasteiger partial charge in [0.2, 0.25) is 11.8 Å². The summed E-state index contributed by atoms with van der Waals surface area (Å²) in [6.45, 7) is 2.98. The maximum atomic E-state index is 12.6. The third-order valence-electron chi connectivity index (χ3n) is 5.83. The molecule has 2 amide bonds. The van der Waals surface area contributed by atoms with Crippen LogP contribution in [-0.2, 0) is 14.3 Å². The summed E-state index contributed by atoms with van der Waals surface area (Å²) in [7, 11) is 3.78. The minimum absolute atomic E-state index is 0.0953. The molecule has 0 aromatic carbocycles. The number of nitrogens with zero attached hydrogens (tertiary/aromatic N) is 2. The topological polar surface area (TPSA) is 73.9 Å². The molecule has 7 heteroatoms. The van der Waals surface area contributed by atoms with Gasteiger partial charge in [0.05, 0.1) is 12.6 Å². The highest BCUT2D eigenvalue weighted by atomic mass is 16.5. The highest BCUT2D eigenvalue weighted by molar-refractivity contribution is 5.83. The fourth-order valence-electron chi connectivity index (χ4n) is 4.41. The van der Waals surface area contributed by atoms with Crippen molar-refractivity contribution in [1.29, 1.82) is 0 Å². The first-order valence-electron chi connectivity index (χ1n) is 9.13. The number of ether oxygens (including phenoxy) is 1. The molecule has 24 heavy (non-hydrogen) atoms. The number of carbonyl (C=O) groups is 2. The van der Waals surface area contributed by atoms with E-state index in [4.69, 9.17) is 4.74 Å². The first-order chi connectivity index (χ1) is 11.6. The van der Waals surface area contributed by atoms with Gasteiger partial charge in [-0.3, -0.25) is 14.5 Å². The molecule has 0 aromatic rings. The number of carbonyl (C=O) groups excluding carboxylic acids is 2. The number of amides is 2. The lowest BCUT2D eigenvalue weighted by Crippen LogP contribution is -2.48. The average molecular weight is 338 g/mol. The van der Waals surface area contributed by atoms with Gasteiger partial charge in [0.15, 0.2) is 0 Å². The zero-order valence-electron chi connectivity index (χ0n) is 14.8. The maximum absolute atomic E-state index is 12.6. The molecule has 3 aliphatic heterocycles. The molecule has 0 radical (unpaired) electrons. The Bertz CT molecular complexity index is 473. The summed E-state index contributed by atoms with van der Waals surface area (Å²) in [6.07, 6.45) is 4.41. The Balaban J connectivity index is 1.55. The highest BCUT2D eigenvalue weighted by Gasteiger charge is 2.40. The fourth-order valence-corrected chi connectivity index (χ4v) is 4.41. The van der Waals surface area contributed by atoms with E-state index in [1.807, 2.05) is 4.90 Å². The standard InChI is InChI=1S/C17H30N4O3/c1-20-12(10-19-17(23)16-14(20)7-8-18-16)5-6-15(22)21-9-3-4-13(21)11-24-2/h12-14,16,18H,3-11H2,1-2H3,(H,19,23)/t12-,13+,14+,16-/m0/s1. The van der Waals surface area contributed by atoms with Crippen LogP contribution in [0.25, 0.3) is 0 Å². The van der Waals surface area contributed by atoms with Crippen LogP contribution in [0.15, 0.2) is 0 Å². The number of methoxy groups -OCH3 is 1. The second-order valence-corrected chi connectivity index (χ2v) is 7.23. The third-order valence-corrected chi connectivity index (χ3v) is 5.83. The van der Waals surface area contributed by atoms with Gasteiger partial charge in [-0.1, -0.05) is 0 Å². The number of nitrogens with one attached hydrogen (secondary N) is 2. The van der Waals surface area contributed by atoms with Crippen LogP contribution in [-0.4, -0.2) is 86.2 Å². The molecular weight excluding hydrogens is 308 g/mol. The zero-order valence-corrected chi connectivity index (χ0v) is 14.8. The minimum atomic E-state index is -0.111. The van der Waals surface area contributed by atoms with Crippen molar-refractivity contribution in [2.24, 2.45) is 0 Å². The van der Waals surface area contributed by atoms with Gasteiger partial charge in [-0.15, -0.1) is 0 Å². The van der Waals surface area contributed by atoms with Crippen LogP contribution in [0, 0.1) is 0 Å². The van der Waals surface area contributed by atoms with Crippen LogP contribution in [0.4, 0.5) is 0 Å². The van der Waals surface area contributed by atoms with E-state index in [0.29, 0.717) is 19.6 Å². The smallest absolute Gasteiger partial charge is 0.238 e. The molecule has 4 atom stereocenters. The van der Waals surface area contributed by atoms with Crippen molar-refractivity contribution < 1.29 is 14.3 Å². The molecule has 2 N–H and O–H groups in total. The van der Waals surface area contributed by atoms with Crippen molar-refractivity contribution >= 4 is 11.8 Å². The lowest BCUT2D eigenvalue weighted by Gasteiger charge is -2.32. The van der Waals surface area contributed by atoms with Gasteiger partial charge in [-0.2, -0.15) is 0 Å². The number of fused-ring (bicyclic) bond motifs is 1. The molecule has 0 aliphatic carbocycles. The normalized spacial score (nSPS) is 34.1. The third kappa shape index (κ3) is 3.58. The van der Waals surface area contributed by atoms with Crippen LogP contribution in [0.2, 0.25) is 0 Å². The number of likely N-dealkylation sites (tertiary alicyclic amines) is 1. The second-order valence-electron chi connectivity index (χ2n) is 7.23. The van der Waals surface area contributed by atoms with Crippen molar-refractivity contribution in [1.82, 2.24) is 20.4 Å². The van der Waals surface area contributed by atoms with Crippen LogP contribution in [0.1, 0.15) is 32.1 Å². The van der Waals surface area contributed by atoms with Crippen molar-refractivity contribution in [3.63, 3.8) is 0 Å². The predicted molar refractivity (Wildman–Crippen MR) is 90.6 cm³/mol. The Labute approximate surface area is 144 Å². The van der Waals surface area contributed by atoms with E-state index in [1.54, 1.807) is 7.11 Å². The molecule has 3 fully saturated rings. The lowest BCUT2D eigenvalue weighted by molar-refractivity contribution is -0.133. The summed E-state index contributed by atoms with van der Waals surface area (Å²) in [5, 5.41) is 6.32. The highest BCUT2D eigenvalue weighted by Crippen LogP contribution is 2.23. The van der Waals surface area contributed by atoms with Crippen LogP contribution in [0.5, 0.6) is 0 Å². The Morgan fingerprint density at radius 3 is 2.96 bits per heavy atom. The van der Waals surface area contributed by atoms with Gasteiger partial charge < -0.3 is 20.3 Å². The monoisotopic (exact) mass is 338 g/mol. The van der Waals surface area contributed by atoms with E-state index in [0.717, 1.165) is 38.8 Å². The summed E-state index contributed by atoms with van der Waals surface area (Å²) in [4.78, 5) is 29.1. The van der Waals surface area contributed by atoms with Crippen LogP contribution in [0.3, 0.4) is 0 Å². The van der Waals surface area contributed by atoms with Gasteiger partial charge >= 0.3 is 0 Å². The Hall–Kier alpha value is -1.18. The summed E-state index contributed by atoms with van der Waals surface area (Å²) < 4.78 is 5.24. The number of likely N-dealkylation sites (N-methyl/N-ethyl adjacent to an activating group) is 1. The summed E-state index contributed by atoms with van der Waals surface area (Å²) in [6, 6.07) is 0.578. The Morgan fingerprint density at radius 2 is 2.17 bits per heavy atom. The van der Waals surface area contributed by atoms with Crippen LogP contribution >= 0.6 is 0 Å². The van der Waals surface area contributed by atoms with E-state index >= 15 is 0 Å². The summed E-state index contributed by atoms with van der Waals surface area (Å²) >= 11 is 0. The molecule has 0 aromatic heterocycles. The summed E-state index contributed by atoms with van der Waals surface area (Å²) in [5.74, 6) is 0.317. The van der Waals surface area contributed by atoms with E-state index in [9.17, 15) is 9.59 Å². The average Bonchev–Trinajstić information content (AvgIpc) is 3.21. The molecular formula is C17H30N4O3. The minimum Gasteiger partial charge on any atom is -0.383 e. The fraction of sp³-hybridized carbons (Fsp3) is 0.882. The molecule has 3 heterocycles. The second kappa shape index (κ2) is 7.80.